The number of carbonyl (C=O) groups excluding carboxylic acids is 1. The summed E-state index contributed by atoms with van der Waals surface area (Å²) in [7, 11) is 0. The number of hydrogen-bond donors (Lipinski definition) is 3. The van der Waals surface area contributed by atoms with Crippen molar-refractivity contribution in [2.75, 3.05) is 10.7 Å². The molecule has 0 aliphatic carbocycles. The standard InChI is InChI=1S/C12H11BrN4O/c13-9-2-1-3-10(6-9)16-12(18)8-4-5-11(17-14)15-7-8/h1-7H,14H2,(H,15,17)(H,16,18). The molecule has 0 fully saturated rings. The SMILES string of the molecule is NNc1ccc(C(=O)Nc2cccc(Br)c2)cn1. The molecule has 1 heterocycles. The highest BCUT2D eigenvalue weighted by Crippen LogP contribution is 2.16. The normalized spacial score (nSPS) is 9.89. The number of halogens is 1. The number of nitrogens with two attached hydrogens (primary N) is 1. The lowest BCUT2D eigenvalue weighted by molar-refractivity contribution is 0.102. The van der Waals surface area contributed by atoms with Gasteiger partial charge in [-0.05, 0) is 30.3 Å². The van der Waals surface area contributed by atoms with Gasteiger partial charge in [-0.15, -0.1) is 0 Å². The van der Waals surface area contributed by atoms with E-state index in [9.17, 15) is 4.79 Å². The van der Waals surface area contributed by atoms with Crippen molar-refractivity contribution < 1.29 is 4.79 Å². The summed E-state index contributed by atoms with van der Waals surface area (Å²) in [5, 5.41) is 2.78. The molecule has 0 saturated heterocycles. The Morgan fingerprint density at radius 2 is 2.11 bits per heavy atom. The molecule has 0 unspecified atom stereocenters. The van der Waals surface area contributed by atoms with Gasteiger partial charge in [0.05, 0.1) is 5.56 Å². The molecular weight excluding hydrogens is 296 g/mol. The molecule has 92 valence electrons. The Bertz CT molecular complexity index is 556. The zero-order valence-electron chi connectivity index (χ0n) is 9.35. The topological polar surface area (TPSA) is 80.0 Å². The summed E-state index contributed by atoms with van der Waals surface area (Å²) in [6, 6.07) is 10.6. The number of carbonyl (C=O) groups is 1. The number of amides is 1. The molecule has 0 aliphatic rings. The number of aromatic nitrogens is 1. The van der Waals surface area contributed by atoms with Crippen LogP contribution >= 0.6 is 15.9 Å². The summed E-state index contributed by atoms with van der Waals surface area (Å²) in [6.07, 6.45) is 1.46. The van der Waals surface area contributed by atoms with Crippen LogP contribution in [0.15, 0.2) is 47.1 Å². The van der Waals surface area contributed by atoms with Crippen LogP contribution in [0.1, 0.15) is 10.4 Å². The molecule has 2 rings (SSSR count). The molecule has 4 N–H and O–H groups in total. The van der Waals surface area contributed by atoms with E-state index in [0.717, 1.165) is 10.2 Å². The highest BCUT2D eigenvalue weighted by molar-refractivity contribution is 9.10. The van der Waals surface area contributed by atoms with Gasteiger partial charge in [0.2, 0.25) is 0 Å². The number of hydrazine groups is 1. The number of pyridine rings is 1. The lowest BCUT2D eigenvalue weighted by atomic mass is 10.2. The lowest BCUT2D eigenvalue weighted by Gasteiger charge is -2.06. The van der Waals surface area contributed by atoms with Gasteiger partial charge >= 0.3 is 0 Å². The zero-order chi connectivity index (χ0) is 13.0. The fourth-order valence-electron chi connectivity index (χ4n) is 1.38. The average Bonchev–Trinajstić information content (AvgIpc) is 2.39. The van der Waals surface area contributed by atoms with E-state index in [1.807, 2.05) is 24.3 Å². The third kappa shape index (κ3) is 3.06. The molecule has 1 amide bonds. The van der Waals surface area contributed by atoms with Gasteiger partial charge in [-0.3, -0.25) is 4.79 Å². The van der Waals surface area contributed by atoms with E-state index in [4.69, 9.17) is 5.84 Å². The summed E-state index contributed by atoms with van der Waals surface area (Å²) in [5.41, 5.74) is 3.59. The molecule has 0 radical (unpaired) electrons. The van der Waals surface area contributed by atoms with E-state index in [1.165, 1.54) is 6.20 Å². The average molecular weight is 307 g/mol. The van der Waals surface area contributed by atoms with Crippen LogP contribution in [0, 0.1) is 0 Å². The fourth-order valence-corrected chi connectivity index (χ4v) is 1.78. The van der Waals surface area contributed by atoms with E-state index in [2.05, 4.69) is 31.7 Å². The third-order valence-electron chi connectivity index (χ3n) is 2.26. The Labute approximate surface area is 113 Å². The van der Waals surface area contributed by atoms with Crippen LogP contribution in [0.2, 0.25) is 0 Å². The van der Waals surface area contributed by atoms with Crippen molar-refractivity contribution in [1.29, 1.82) is 0 Å². The number of anilines is 2. The first-order valence-electron chi connectivity index (χ1n) is 5.18. The van der Waals surface area contributed by atoms with Crippen molar-refractivity contribution in [3.8, 4) is 0 Å². The number of hydrogen-bond acceptors (Lipinski definition) is 4. The largest absolute Gasteiger partial charge is 0.322 e. The molecule has 0 atom stereocenters. The van der Waals surface area contributed by atoms with Crippen molar-refractivity contribution >= 4 is 33.3 Å². The summed E-state index contributed by atoms with van der Waals surface area (Å²) in [6.45, 7) is 0. The number of nitrogen functional groups attached to an aromatic ring is 1. The summed E-state index contributed by atoms with van der Waals surface area (Å²) >= 11 is 3.34. The predicted molar refractivity (Wildman–Crippen MR) is 74.1 cm³/mol. The van der Waals surface area contributed by atoms with Crippen molar-refractivity contribution in [3.63, 3.8) is 0 Å². The first-order valence-corrected chi connectivity index (χ1v) is 5.98. The monoisotopic (exact) mass is 306 g/mol. The van der Waals surface area contributed by atoms with Gasteiger partial charge in [-0.25, -0.2) is 10.8 Å². The van der Waals surface area contributed by atoms with Gasteiger partial charge in [0, 0.05) is 16.4 Å². The van der Waals surface area contributed by atoms with Gasteiger partial charge in [0.15, 0.2) is 0 Å². The van der Waals surface area contributed by atoms with Crippen LogP contribution in [0.3, 0.4) is 0 Å². The van der Waals surface area contributed by atoms with Crippen molar-refractivity contribution in [2.24, 2.45) is 5.84 Å². The minimum Gasteiger partial charge on any atom is -0.322 e. The summed E-state index contributed by atoms with van der Waals surface area (Å²) in [4.78, 5) is 15.9. The third-order valence-corrected chi connectivity index (χ3v) is 2.75. The Morgan fingerprint density at radius 3 is 2.72 bits per heavy atom. The van der Waals surface area contributed by atoms with Crippen LogP contribution in [0.25, 0.3) is 0 Å². The van der Waals surface area contributed by atoms with Gasteiger partial charge in [-0.2, -0.15) is 0 Å². The van der Waals surface area contributed by atoms with Crippen LogP contribution in [-0.4, -0.2) is 10.9 Å². The first kappa shape index (κ1) is 12.5. The van der Waals surface area contributed by atoms with Gasteiger partial charge in [-0.1, -0.05) is 22.0 Å². The van der Waals surface area contributed by atoms with Crippen LogP contribution in [0.4, 0.5) is 11.5 Å². The van der Waals surface area contributed by atoms with Crippen molar-refractivity contribution in [3.05, 3.63) is 52.6 Å². The number of rotatable bonds is 3. The van der Waals surface area contributed by atoms with E-state index < -0.39 is 0 Å². The van der Waals surface area contributed by atoms with Crippen LogP contribution in [-0.2, 0) is 0 Å². The first-order chi connectivity index (χ1) is 8.69. The van der Waals surface area contributed by atoms with Crippen LogP contribution < -0.4 is 16.6 Å². The number of nitrogens with one attached hydrogen (secondary N) is 2. The van der Waals surface area contributed by atoms with Crippen LogP contribution in [0.5, 0.6) is 0 Å². The molecule has 1 aromatic heterocycles. The molecule has 6 heteroatoms. The maximum Gasteiger partial charge on any atom is 0.257 e. The van der Waals surface area contributed by atoms with E-state index in [-0.39, 0.29) is 5.91 Å². The maximum absolute atomic E-state index is 11.9. The Kier molecular flexibility index (Phi) is 3.91. The smallest absolute Gasteiger partial charge is 0.257 e. The zero-order valence-corrected chi connectivity index (χ0v) is 10.9. The quantitative estimate of drug-likeness (QED) is 0.601. The summed E-state index contributed by atoms with van der Waals surface area (Å²) < 4.78 is 0.904. The molecule has 0 saturated carbocycles. The maximum atomic E-state index is 11.9. The second-order valence-corrected chi connectivity index (χ2v) is 4.46. The molecule has 0 spiro atoms. The molecule has 1 aromatic carbocycles. The molecule has 18 heavy (non-hydrogen) atoms. The minimum absolute atomic E-state index is 0.218. The van der Waals surface area contributed by atoms with Crippen molar-refractivity contribution in [1.82, 2.24) is 4.98 Å². The van der Waals surface area contributed by atoms with E-state index in [1.54, 1.807) is 12.1 Å². The molecule has 0 bridgehead atoms. The number of benzene rings is 1. The molecular formula is C12H11BrN4O. The second-order valence-electron chi connectivity index (χ2n) is 3.54. The molecule has 2 aromatic rings. The second kappa shape index (κ2) is 5.61. The fraction of sp³-hybridized carbons (Fsp3) is 0. The van der Waals surface area contributed by atoms with Gasteiger partial charge in [0.1, 0.15) is 5.82 Å². The lowest BCUT2D eigenvalue weighted by Crippen LogP contribution is -2.13. The Morgan fingerprint density at radius 1 is 1.28 bits per heavy atom. The van der Waals surface area contributed by atoms with E-state index in [0.29, 0.717) is 11.4 Å². The minimum atomic E-state index is -0.218. The summed E-state index contributed by atoms with van der Waals surface area (Å²) in [5.74, 6) is 5.49. The Hall–Kier alpha value is -1.92. The van der Waals surface area contributed by atoms with E-state index >= 15 is 0 Å². The van der Waals surface area contributed by atoms with Crippen molar-refractivity contribution in [2.45, 2.75) is 0 Å². The van der Waals surface area contributed by atoms with Gasteiger partial charge < -0.3 is 10.7 Å². The Balaban J connectivity index is 2.11. The highest BCUT2D eigenvalue weighted by atomic mass is 79.9. The predicted octanol–water partition coefficient (Wildman–Crippen LogP) is 2.38. The highest BCUT2D eigenvalue weighted by Gasteiger charge is 2.06. The number of nitrogens with zero attached hydrogens (tertiary/aromatic N) is 1. The van der Waals surface area contributed by atoms with Gasteiger partial charge in [0.25, 0.3) is 5.91 Å². The molecule has 0 aliphatic heterocycles. The molecule has 5 nitrogen and oxygen atoms in total.